The lowest BCUT2D eigenvalue weighted by molar-refractivity contribution is -0.122. The number of likely N-dealkylation sites (tertiary alicyclic amines) is 1. The first-order valence-electron chi connectivity index (χ1n) is 9.24. The number of piperidine rings is 1. The minimum Gasteiger partial charge on any atom is -0.351 e. The standard InChI is InChI=1S/C19H31N3O3S/c1-15-7-10-22(11-8-15)14-17-5-3-16(4-6-17)13-21-19(23)18(20)9-12-26(2,24)25/h3-6,15,18H,7-14,20H2,1-2H3,(H,21,23). The first-order chi connectivity index (χ1) is 12.2. The molecule has 2 rings (SSSR count). The highest BCUT2D eigenvalue weighted by molar-refractivity contribution is 7.90. The molecule has 0 spiro atoms. The highest BCUT2D eigenvalue weighted by atomic mass is 32.2. The quantitative estimate of drug-likeness (QED) is 0.708. The molecule has 0 aliphatic carbocycles. The summed E-state index contributed by atoms with van der Waals surface area (Å²) in [4.78, 5) is 14.4. The molecule has 6 nitrogen and oxygen atoms in total. The Morgan fingerprint density at radius 1 is 1.23 bits per heavy atom. The normalized spacial score (nSPS) is 17.8. The summed E-state index contributed by atoms with van der Waals surface area (Å²) in [5.74, 6) is 0.437. The van der Waals surface area contributed by atoms with Crippen molar-refractivity contribution in [3.63, 3.8) is 0 Å². The van der Waals surface area contributed by atoms with E-state index in [0.29, 0.717) is 6.54 Å². The van der Waals surface area contributed by atoms with Gasteiger partial charge in [-0.25, -0.2) is 8.42 Å². The molecule has 1 amide bonds. The van der Waals surface area contributed by atoms with E-state index in [2.05, 4.69) is 29.3 Å². The van der Waals surface area contributed by atoms with Crippen LogP contribution in [-0.2, 0) is 27.7 Å². The smallest absolute Gasteiger partial charge is 0.237 e. The van der Waals surface area contributed by atoms with Crippen molar-refractivity contribution in [2.45, 2.75) is 45.3 Å². The van der Waals surface area contributed by atoms with E-state index in [-0.39, 0.29) is 18.1 Å². The van der Waals surface area contributed by atoms with Gasteiger partial charge in [-0.3, -0.25) is 9.69 Å². The molecule has 0 aromatic heterocycles. The Balaban J connectivity index is 1.75. The van der Waals surface area contributed by atoms with Crippen molar-refractivity contribution in [3.8, 4) is 0 Å². The molecule has 1 heterocycles. The van der Waals surface area contributed by atoms with Crippen LogP contribution in [0.5, 0.6) is 0 Å². The summed E-state index contributed by atoms with van der Waals surface area (Å²) in [6.07, 6.45) is 3.81. The average molecular weight is 382 g/mol. The predicted octanol–water partition coefficient (Wildman–Crippen LogP) is 1.30. The fourth-order valence-corrected chi connectivity index (χ4v) is 3.72. The molecule has 1 atom stereocenters. The molecule has 0 saturated carbocycles. The van der Waals surface area contributed by atoms with E-state index in [9.17, 15) is 13.2 Å². The lowest BCUT2D eigenvalue weighted by Gasteiger charge is -2.30. The Labute approximate surface area is 157 Å². The van der Waals surface area contributed by atoms with Crippen LogP contribution in [0.3, 0.4) is 0 Å². The average Bonchev–Trinajstić information content (AvgIpc) is 2.60. The lowest BCUT2D eigenvalue weighted by atomic mass is 9.99. The number of nitrogens with one attached hydrogen (secondary N) is 1. The van der Waals surface area contributed by atoms with Crippen LogP contribution in [0, 0.1) is 5.92 Å². The molecule has 1 aliphatic heterocycles. The largest absolute Gasteiger partial charge is 0.351 e. The number of carbonyl (C=O) groups is 1. The Kier molecular flexibility index (Phi) is 7.61. The van der Waals surface area contributed by atoms with Gasteiger partial charge in [-0.1, -0.05) is 31.2 Å². The van der Waals surface area contributed by atoms with E-state index in [1.165, 1.54) is 18.4 Å². The molecule has 1 fully saturated rings. The highest BCUT2D eigenvalue weighted by Gasteiger charge is 2.17. The molecular formula is C19H31N3O3S. The van der Waals surface area contributed by atoms with Gasteiger partial charge in [0.05, 0.1) is 11.8 Å². The van der Waals surface area contributed by atoms with E-state index >= 15 is 0 Å². The summed E-state index contributed by atoms with van der Waals surface area (Å²) in [7, 11) is -3.10. The first kappa shape index (κ1) is 20.9. The fraction of sp³-hybridized carbons (Fsp3) is 0.632. The third kappa shape index (κ3) is 7.43. The molecule has 0 radical (unpaired) electrons. The van der Waals surface area contributed by atoms with Crippen molar-refractivity contribution in [3.05, 3.63) is 35.4 Å². The molecule has 26 heavy (non-hydrogen) atoms. The molecule has 1 saturated heterocycles. The van der Waals surface area contributed by atoms with E-state index < -0.39 is 15.9 Å². The van der Waals surface area contributed by atoms with Gasteiger partial charge in [-0.2, -0.15) is 0 Å². The summed E-state index contributed by atoms with van der Waals surface area (Å²) in [6.45, 7) is 5.99. The van der Waals surface area contributed by atoms with Gasteiger partial charge in [0.2, 0.25) is 5.91 Å². The maximum Gasteiger partial charge on any atom is 0.237 e. The van der Waals surface area contributed by atoms with Crippen molar-refractivity contribution in [1.29, 1.82) is 0 Å². The van der Waals surface area contributed by atoms with E-state index in [0.717, 1.165) is 37.4 Å². The minimum atomic E-state index is -3.10. The van der Waals surface area contributed by atoms with Crippen LogP contribution < -0.4 is 11.1 Å². The maximum absolute atomic E-state index is 12.0. The monoisotopic (exact) mass is 381 g/mol. The zero-order valence-electron chi connectivity index (χ0n) is 15.8. The van der Waals surface area contributed by atoms with E-state index in [1.54, 1.807) is 0 Å². The minimum absolute atomic E-state index is 0.0778. The predicted molar refractivity (Wildman–Crippen MR) is 104 cm³/mol. The number of rotatable bonds is 8. The van der Waals surface area contributed by atoms with Crippen molar-refractivity contribution >= 4 is 15.7 Å². The fourth-order valence-electron chi connectivity index (χ4n) is 3.03. The van der Waals surface area contributed by atoms with Crippen LogP contribution in [0.4, 0.5) is 0 Å². The highest BCUT2D eigenvalue weighted by Crippen LogP contribution is 2.18. The second-order valence-corrected chi connectivity index (χ2v) is 9.78. The van der Waals surface area contributed by atoms with Gasteiger partial charge < -0.3 is 11.1 Å². The van der Waals surface area contributed by atoms with Crippen LogP contribution in [-0.4, -0.2) is 50.4 Å². The van der Waals surface area contributed by atoms with Gasteiger partial charge in [0.1, 0.15) is 9.84 Å². The third-order valence-electron chi connectivity index (χ3n) is 4.91. The molecule has 0 bridgehead atoms. The second kappa shape index (κ2) is 9.48. The first-order valence-corrected chi connectivity index (χ1v) is 11.3. The zero-order valence-corrected chi connectivity index (χ0v) is 16.6. The molecule has 146 valence electrons. The van der Waals surface area contributed by atoms with Crippen LogP contribution in [0.15, 0.2) is 24.3 Å². The molecule has 1 aromatic rings. The number of carbonyl (C=O) groups excluding carboxylic acids is 1. The second-order valence-electron chi connectivity index (χ2n) is 7.52. The Morgan fingerprint density at radius 2 is 1.81 bits per heavy atom. The van der Waals surface area contributed by atoms with E-state index in [1.807, 2.05) is 12.1 Å². The molecule has 7 heteroatoms. The summed E-state index contributed by atoms with van der Waals surface area (Å²) in [5.41, 5.74) is 8.03. The molecule has 1 aromatic carbocycles. The maximum atomic E-state index is 12.0. The Bertz CT molecular complexity index is 680. The number of hydrogen-bond donors (Lipinski definition) is 2. The van der Waals surface area contributed by atoms with E-state index in [4.69, 9.17) is 5.73 Å². The van der Waals surface area contributed by atoms with Gasteiger partial charge in [-0.15, -0.1) is 0 Å². The van der Waals surface area contributed by atoms with Crippen LogP contribution in [0.25, 0.3) is 0 Å². The Morgan fingerprint density at radius 3 is 2.38 bits per heavy atom. The lowest BCUT2D eigenvalue weighted by Crippen LogP contribution is -2.41. The molecule has 1 unspecified atom stereocenters. The van der Waals surface area contributed by atoms with Crippen molar-refractivity contribution in [2.24, 2.45) is 11.7 Å². The molecule has 3 N–H and O–H groups in total. The number of amides is 1. The number of hydrogen-bond acceptors (Lipinski definition) is 5. The number of sulfone groups is 1. The summed E-state index contributed by atoms with van der Waals surface area (Å²) >= 11 is 0. The summed E-state index contributed by atoms with van der Waals surface area (Å²) in [6, 6.07) is 7.44. The molecule has 1 aliphatic rings. The SMILES string of the molecule is CC1CCN(Cc2ccc(CNC(=O)C(N)CCS(C)(=O)=O)cc2)CC1. The van der Waals surface area contributed by atoms with Gasteiger partial charge in [-0.05, 0) is 49.4 Å². The summed E-state index contributed by atoms with van der Waals surface area (Å²) in [5, 5.41) is 2.77. The van der Waals surface area contributed by atoms with Crippen molar-refractivity contribution in [1.82, 2.24) is 10.2 Å². The van der Waals surface area contributed by atoms with Gasteiger partial charge >= 0.3 is 0 Å². The topological polar surface area (TPSA) is 92.5 Å². The van der Waals surface area contributed by atoms with Crippen LogP contribution in [0.1, 0.15) is 37.3 Å². The van der Waals surface area contributed by atoms with Crippen molar-refractivity contribution in [2.75, 3.05) is 25.1 Å². The van der Waals surface area contributed by atoms with Gasteiger partial charge in [0.25, 0.3) is 0 Å². The number of benzene rings is 1. The Hall–Kier alpha value is -1.44. The number of nitrogens with two attached hydrogens (primary N) is 1. The van der Waals surface area contributed by atoms with Crippen molar-refractivity contribution < 1.29 is 13.2 Å². The summed E-state index contributed by atoms with van der Waals surface area (Å²) < 4.78 is 22.3. The molecular weight excluding hydrogens is 350 g/mol. The van der Waals surface area contributed by atoms with Crippen LogP contribution in [0.2, 0.25) is 0 Å². The van der Waals surface area contributed by atoms with Crippen LogP contribution >= 0.6 is 0 Å². The van der Waals surface area contributed by atoms with Gasteiger partial charge in [0, 0.05) is 19.3 Å². The number of nitrogens with zero attached hydrogens (tertiary/aromatic N) is 1. The van der Waals surface area contributed by atoms with Gasteiger partial charge in [0.15, 0.2) is 0 Å². The third-order valence-corrected chi connectivity index (χ3v) is 5.89. The zero-order chi connectivity index (χ0) is 19.2.